The molecule has 1 saturated heterocycles. The standard InChI is InChI=1S/C12H15N3O2S/c13-8-9-4-3-7-15(9)12-10-5-1-2-6-11(10)18(16,17)14-12/h1-2,5-6,9H,3-4,7-8,13H2/t9-/m1/s1. The van der Waals surface area contributed by atoms with Gasteiger partial charge in [0.2, 0.25) is 0 Å². The first-order valence-electron chi connectivity index (χ1n) is 6.04. The third kappa shape index (κ3) is 1.64. The first kappa shape index (κ1) is 11.7. The fourth-order valence-corrected chi connectivity index (χ4v) is 3.87. The molecule has 96 valence electrons. The summed E-state index contributed by atoms with van der Waals surface area (Å²) in [5.74, 6) is 0.568. The van der Waals surface area contributed by atoms with Crippen molar-refractivity contribution in [1.82, 2.24) is 4.90 Å². The van der Waals surface area contributed by atoms with Gasteiger partial charge in [-0.05, 0) is 25.0 Å². The number of sulfonamides is 1. The van der Waals surface area contributed by atoms with Crippen LogP contribution in [0.2, 0.25) is 0 Å². The van der Waals surface area contributed by atoms with Gasteiger partial charge in [-0.3, -0.25) is 0 Å². The Hall–Kier alpha value is -1.40. The normalized spacial score (nSPS) is 25.1. The Balaban J connectivity index is 2.09. The maximum absolute atomic E-state index is 12.0. The van der Waals surface area contributed by atoms with E-state index < -0.39 is 10.0 Å². The highest BCUT2D eigenvalue weighted by molar-refractivity contribution is 7.90. The Morgan fingerprint density at radius 2 is 2.17 bits per heavy atom. The number of nitrogens with zero attached hydrogens (tertiary/aromatic N) is 2. The number of likely N-dealkylation sites (tertiary alicyclic amines) is 1. The minimum absolute atomic E-state index is 0.199. The van der Waals surface area contributed by atoms with Gasteiger partial charge >= 0.3 is 0 Å². The second-order valence-corrected chi connectivity index (χ2v) is 6.18. The van der Waals surface area contributed by atoms with E-state index in [1.54, 1.807) is 12.1 Å². The fraction of sp³-hybridized carbons (Fsp3) is 0.417. The largest absolute Gasteiger partial charge is 0.351 e. The number of benzene rings is 1. The van der Waals surface area contributed by atoms with Crippen molar-refractivity contribution in [3.8, 4) is 0 Å². The zero-order valence-electron chi connectivity index (χ0n) is 9.91. The van der Waals surface area contributed by atoms with Crippen molar-refractivity contribution in [2.75, 3.05) is 13.1 Å². The molecule has 5 nitrogen and oxygen atoms in total. The molecule has 0 radical (unpaired) electrons. The first-order chi connectivity index (χ1) is 8.63. The van der Waals surface area contributed by atoms with Gasteiger partial charge < -0.3 is 10.6 Å². The van der Waals surface area contributed by atoms with Crippen molar-refractivity contribution in [3.05, 3.63) is 29.8 Å². The van der Waals surface area contributed by atoms with Crippen molar-refractivity contribution >= 4 is 15.9 Å². The van der Waals surface area contributed by atoms with Crippen LogP contribution in [0.25, 0.3) is 0 Å². The van der Waals surface area contributed by atoms with Gasteiger partial charge in [-0.15, -0.1) is 4.40 Å². The van der Waals surface area contributed by atoms with Crippen LogP contribution in [-0.2, 0) is 10.0 Å². The number of hydrogen-bond acceptors (Lipinski definition) is 4. The van der Waals surface area contributed by atoms with Gasteiger partial charge in [0, 0.05) is 24.7 Å². The third-order valence-electron chi connectivity index (χ3n) is 3.53. The van der Waals surface area contributed by atoms with Crippen LogP contribution in [-0.4, -0.2) is 38.3 Å². The SMILES string of the molecule is NC[C@H]1CCCN1C1=NS(=O)(=O)c2ccccc21. The molecule has 2 N–H and O–H groups in total. The number of hydrogen-bond donors (Lipinski definition) is 1. The highest BCUT2D eigenvalue weighted by atomic mass is 32.2. The van der Waals surface area contributed by atoms with Gasteiger partial charge in [-0.1, -0.05) is 12.1 Å². The maximum atomic E-state index is 12.0. The summed E-state index contributed by atoms with van der Waals surface area (Å²) in [4.78, 5) is 2.34. The molecule has 0 spiro atoms. The average molecular weight is 265 g/mol. The number of amidine groups is 1. The van der Waals surface area contributed by atoms with Crippen molar-refractivity contribution in [2.45, 2.75) is 23.8 Å². The minimum Gasteiger partial charge on any atom is -0.351 e. The minimum atomic E-state index is -3.52. The molecule has 2 aliphatic rings. The molecule has 3 rings (SSSR count). The lowest BCUT2D eigenvalue weighted by Crippen LogP contribution is -2.39. The summed E-state index contributed by atoms with van der Waals surface area (Å²) in [5.41, 5.74) is 6.44. The Morgan fingerprint density at radius 3 is 2.94 bits per heavy atom. The Morgan fingerprint density at radius 1 is 1.39 bits per heavy atom. The van der Waals surface area contributed by atoms with Crippen LogP contribution in [0.3, 0.4) is 0 Å². The van der Waals surface area contributed by atoms with Crippen LogP contribution in [0.4, 0.5) is 0 Å². The lowest BCUT2D eigenvalue weighted by Gasteiger charge is -2.25. The molecular formula is C12H15N3O2S. The van der Waals surface area contributed by atoms with Gasteiger partial charge in [-0.25, -0.2) is 0 Å². The van der Waals surface area contributed by atoms with Gasteiger partial charge in [0.25, 0.3) is 10.0 Å². The van der Waals surface area contributed by atoms with E-state index in [0.29, 0.717) is 22.8 Å². The molecule has 2 heterocycles. The van der Waals surface area contributed by atoms with Gasteiger partial charge in [0.05, 0.1) is 0 Å². The number of nitrogens with two attached hydrogens (primary N) is 1. The summed E-state index contributed by atoms with van der Waals surface area (Å²) >= 11 is 0. The topological polar surface area (TPSA) is 75.8 Å². The third-order valence-corrected chi connectivity index (χ3v) is 4.86. The zero-order valence-corrected chi connectivity index (χ0v) is 10.7. The van der Waals surface area contributed by atoms with Crippen molar-refractivity contribution in [2.24, 2.45) is 10.1 Å². The molecule has 1 atom stereocenters. The Labute approximate surface area is 106 Å². The van der Waals surface area contributed by atoms with Crippen LogP contribution in [0.15, 0.2) is 33.6 Å². The molecular weight excluding hydrogens is 250 g/mol. The molecule has 1 fully saturated rings. The fourth-order valence-electron chi connectivity index (χ4n) is 2.66. The van der Waals surface area contributed by atoms with E-state index in [1.165, 1.54) is 0 Å². The average Bonchev–Trinajstić information content (AvgIpc) is 2.92. The van der Waals surface area contributed by atoms with E-state index in [9.17, 15) is 8.42 Å². The predicted octanol–water partition coefficient (Wildman–Crippen LogP) is 0.559. The molecule has 0 amide bonds. The van der Waals surface area contributed by atoms with Crippen molar-refractivity contribution in [3.63, 3.8) is 0 Å². The second kappa shape index (κ2) is 4.07. The van der Waals surface area contributed by atoms with E-state index >= 15 is 0 Å². The Bertz CT molecular complexity index is 610. The van der Waals surface area contributed by atoms with Crippen molar-refractivity contribution < 1.29 is 8.42 Å². The molecule has 0 unspecified atom stereocenters. The smallest absolute Gasteiger partial charge is 0.285 e. The predicted molar refractivity (Wildman–Crippen MR) is 68.9 cm³/mol. The van der Waals surface area contributed by atoms with E-state index in [4.69, 9.17) is 5.73 Å². The molecule has 6 heteroatoms. The summed E-state index contributed by atoms with van der Waals surface area (Å²) in [6.07, 6.45) is 2.03. The van der Waals surface area contributed by atoms with Crippen LogP contribution in [0.1, 0.15) is 18.4 Å². The van der Waals surface area contributed by atoms with Crippen LogP contribution in [0.5, 0.6) is 0 Å². The second-order valence-electron chi connectivity index (χ2n) is 4.61. The first-order valence-corrected chi connectivity index (χ1v) is 7.48. The number of rotatable bonds is 1. The molecule has 18 heavy (non-hydrogen) atoms. The summed E-state index contributed by atoms with van der Waals surface area (Å²) in [6.45, 7) is 1.35. The summed E-state index contributed by atoms with van der Waals surface area (Å²) in [6, 6.07) is 7.17. The maximum Gasteiger partial charge on any atom is 0.285 e. The molecule has 1 aromatic rings. The highest BCUT2D eigenvalue weighted by Gasteiger charge is 2.35. The quantitative estimate of drug-likeness (QED) is 0.805. The number of fused-ring (bicyclic) bond motifs is 1. The van der Waals surface area contributed by atoms with Crippen molar-refractivity contribution in [1.29, 1.82) is 0 Å². The van der Waals surface area contributed by atoms with E-state index in [-0.39, 0.29) is 6.04 Å². The highest BCUT2D eigenvalue weighted by Crippen LogP contribution is 2.30. The molecule has 1 aromatic carbocycles. The van der Waals surface area contributed by atoms with Crippen LogP contribution in [0, 0.1) is 0 Å². The molecule has 0 aliphatic carbocycles. The lowest BCUT2D eigenvalue weighted by atomic mass is 10.1. The van der Waals surface area contributed by atoms with E-state index in [0.717, 1.165) is 19.4 Å². The monoisotopic (exact) mass is 265 g/mol. The van der Waals surface area contributed by atoms with E-state index in [2.05, 4.69) is 4.40 Å². The van der Waals surface area contributed by atoms with Gasteiger partial charge in [0.15, 0.2) is 5.84 Å². The Kier molecular flexibility index (Phi) is 2.64. The molecule has 0 bridgehead atoms. The van der Waals surface area contributed by atoms with E-state index in [1.807, 2.05) is 17.0 Å². The lowest BCUT2D eigenvalue weighted by molar-refractivity contribution is 0.397. The van der Waals surface area contributed by atoms with Gasteiger partial charge in [0.1, 0.15) is 4.90 Å². The van der Waals surface area contributed by atoms with Crippen LogP contribution < -0.4 is 5.73 Å². The summed E-state index contributed by atoms with van der Waals surface area (Å²) in [5, 5.41) is 0. The molecule has 0 aromatic heterocycles. The zero-order chi connectivity index (χ0) is 12.8. The molecule has 0 saturated carbocycles. The van der Waals surface area contributed by atoms with Gasteiger partial charge in [-0.2, -0.15) is 8.42 Å². The summed E-state index contributed by atoms with van der Waals surface area (Å²) < 4.78 is 27.9. The molecule has 2 aliphatic heterocycles. The summed E-state index contributed by atoms with van der Waals surface area (Å²) in [7, 11) is -3.52. The van der Waals surface area contributed by atoms with Crippen LogP contribution >= 0.6 is 0 Å².